The van der Waals surface area contributed by atoms with Crippen LogP contribution in [0.25, 0.3) is 0 Å². The normalized spacial score (nSPS) is 11.8. The van der Waals surface area contributed by atoms with Crippen LogP contribution in [0, 0.1) is 0 Å². The van der Waals surface area contributed by atoms with Crippen molar-refractivity contribution in [3.8, 4) is 11.5 Å². The van der Waals surface area contributed by atoms with E-state index in [9.17, 15) is 0 Å². The maximum atomic E-state index is 6.12. The van der Waals surface area contributed by atoms with Gasteiger partial charge in [0.05, 0.1) is 18.2 Å². The second-order valence-electron chi connectivity index (χ2n) is 5.25. The molecule has 0 saturated carbocycles. The molecule has 0 spiro atoms. The third-order valence-electron chi connectivity index (χ3n) is 3.21. The number of halogens is 2. The molecule has 130 valence electrons. The molecular formula is C18H21Cl2NO3. The molecule has 1 N–H and O–H groups in total. The van der Waals surface area contributed by atoms with Gasteiger partial charge in [-0.1, -0.05) is 29.3 Å². The van der Waals surface area contributed by atoms with Crippen LogP contribution in [0.4, 0.5) is 5.69 Å². The van der Waals surface area contributed by atoms with Crippen molar-refractivity contribution >= 4 is 28.9 Å². The highest BCUT2D eigenvalue weighted by atomic mass is 35.5. The predicted molar refractivity (Wildman–Crippen MR) is 98.9 cm³/mol. The molecule has 0 fully saturated rings. The molecule has 0 radical (unpaired) electrons. The number of nitrogens with one attached hydrogen (secondary N) is 1. The molecule has 0 saturated heterocycles. The van der Waals surface area contributed by atoms with Crippen LogP contribution >= 0.6 is 23.2 Å². The van der Waals surface area contributed by atoms with E-state index in [1.54, 1.807) is 25.3 Å². The molecule has 0 aliphatic rings. The molecule has 4 nitrogen and oxygen atoms in total. The maximum absolute atomic E-state index is 6.12. The molecule has 1 atom stereocenters. The van der Waals surface area contributed by atoms with Gasteiger partial charge in [-0.3, -0.25) is 0 Å². The van der Waals surface area contributed by atoms with Gasteiger partial charge < -0.3 is 19.5 Å². The molecule has 6 heteroatoms. The summed E-state index contributed by atoms with van der Waals surface area (Å²) in [7, 11) is 1.65. The van der Waals surface area contributed by atoms with Crippen molar-refractivity contribution in [3.63, 3.8) is 0 Å². The van der Waals surface area contributed by atoms with Crippen LogP contribution < -0.4 is 14.8 Å². The Morgan fingerprint density at radius 2 is 1.92 bits per heavy atom. The van der Waals surface area contributed by atoms with E-state index in [0.29, 0.717) is 35.6 Å². The zero-order valence-corrected chi connectivity index (χ0v) is 15.2. The van der Waals surface area contributed by atoms with E-state index in [-0.39, 0.29) is 6.10 Å². The number of rotatable bonds is 9. The summed E-state index contributed by atoms with van der Waals surface area (Å²) in [5.74, 6) is 1.42. The van der Waals surface area contributed by atoms with Crippen molar-refractivity contribution in [2.45, 2.75) is 13.0 Å². The van der Waals surface area contributed by atoms with E-state index in [1.807, 2.05) is 31.2 Å². The van der Waals surface area contributed by atoms with Crippen LogP contribution in [0.15, 0.2) is 42.5 Å². The lowest BCUT2D eigenvalue weighted by molar-refractivity contribution is 0.146. The van der Waals surface area contributed by atoms with Crippen molar-refractivity contribution in [3.05, 3.63) is 52.5 Å². The summed E-state index contributed by atoms with van der Waals surface area (Å²) in [5, 5.41) is 4.41. The van der Waals surface area contributed by atoms with Crippen LogP contribution in [0.1, 0.15) is 6.92 Å². The summed E-state index contributed by atoms with van der Waals surface area (Å²) in [4.78, 5) is 0. The van der Waals surface area contributed by atoms with E-state index in [0.717, 1.165) is 11.4 Å². The Hall–Kier alpha value is -1.62. The number of anilines is 1. The summed E-state index contributed by atoms with van der Waals surface area (Å²) < 4.78 is 16.4. The predicted octanol–water partition coefficient (Wildman–Crippen LogP) is 4.90. The van der Waals surface area contributed by atoms with E-state index < -0.39 is 0 Å². The Balaban J connectivity index is 1.84. The van der Waals surface area contributed by atoms with Gasteiger partial charge in [0.15, 0.2) is 0 Å². The fourth-order valence-electron chi connectivity index (χ4n) is 2.03. The molecule has 0 amide bonds. The number of benzene rings is 2. The Kier molecular flexibility index (Phi) is 7.50. The standard InChI is InChI=1S/C18H21Cl2NO3/c1-13(24-18-7-6-14(19)10-17(18)20)12-21-15-4-3-5-16(11-15)23-9-8-22-2/h3-7,10-11,13,21H,8-9,12H2,1-2H3. The summed E-state index contributed by atoms with van der Waals surface area (Å²) in [6, 6.07) is 13.0. The lowest BCUT2D eigenvalue weighted by Crippen LogP contribution is -2.22. The fraction of sp³-hybridized carbons (Fsp3) is 0.333. The number of hydrogen-bond donors (Lipinski definition) is 1. The molecule has 24 heavy (non-hydrogen) atoms. The Morgan fingerprint density at radius 1 is 1.08 bits per heavy atom. The van der Waals surface area contributed by atoms with E-state index in [2.05, 4.69) is 5.32 Å². The van der Waals surface area contributed by atoms with Gasteiger partial charge in [-0.2, -0.15) is 0 Å². The fourth-order valence-corrected chi connectivity index (χ4v) is 2.48. The van der Waals surface area contributed by atoms with E-state index >= 15 is 0 Å². The summed E-state index contributed by atoms with van der Waals surface area (Å²) in [6.07, 6.45) is -0.0678. The third-order valence-corrected chi connectivity index (χ3v) is 3.74. The maximum Gasteiger partial charge on any atom is 0.138 e. The second kappa shape index (κ2) is 9.62. The first-order valence-electron chi connectivity index (χ1n) is 7.66. The average molecular weight is 370 g/mol. The topological polar surface area (TPSA) is 39.7 Å². The van der Waals surface area contributed by atoms with Crippen LogP contribution in [-0.2, 0) is 4.74 Å². The summed E-state index contributed by atoms with van der Waals surface area (Å²) >= 11 is 12.0. The Labute approximate surface area is 152 Å². The highest BCUT2D eigenvalue weighted by Gasteiger charge is 2.08. The van der Waals surface area contributed by atoms with Gasteiger partial charge in [0, 0.05) is 23.9 Å². The molecule has 0 aromatic heterocycles. The van der Waals surface area contributed by atoms with Crippen LogP contribution in [-0.4, -0.2) is 33.0 Å². The van der Waals surface area contributed by atoms with Gasteiger partial charge in [0.2, 0.25) is 0 Å². The quantitative estimate of drug-likeness (QED) is 0.638. The lowest BCUT2D eigenvalue weighted by atomic mass is 10.3. The number of hydrogen-bond acceptors (Lipinski definition) is 4. The highest BCUT2D eigenvalue weighted by molar-refractivity contribution is 6.35. The lowest BCUT2D eigenvalue weighted by Gasteiger charge is -2.17. The van der Waals surface area contributed by atoms with Crippen LogP contribution in [0.3, 0.4) is 0 Å². The zero-order chi connectivity index (χ0) is 17.4. The molecule has 0 bridgehead atoms. The average Bonchev–Trinajstić information content (AvgIpc) is 2.56. The van der Waals surface area contributed by atoms with E-state index in [4.69, 9.17) is 37.4 Å². The van der Waals surface area contributed by atoms with Crippen molar-refractivity contribution < 1.29 is 14.2 Å². The van der Waals surface area contributed by atoms with Gasteiger partial charge in [-0.05, 0) is 37.3 Å². The van der Waals surface area contributed by atoms with Crippen LogP contribution in [0.2, 0.25) is 10.0 Å². The van der Waals surface area contributed by atoms with Crippen molar-refractivity contribution in [2.24, 2.45) is 0 Å². The van der Waals surface area contributed by atoms with Crippen molar-refractivity contribution in [2.75, 3.05) is 32.2 Å². The van der Waals surface area contributed by atoms with Crippen LogP contribution in [0.5, 0.6) is 11.5 Å². The molecule has 0 heterocycles. The first-order valence-corrected chi connectivity index (χ1v) is 8.41. The minimum Gasteiger partial charge on any atom is -0.491 e. The number of ether oxygens (including phenoxy) is 3. The third kappa shape index (κ3) is 6.11. The van der Waals surface area contributed by atoms with E-state index in [1.165, 1.54) is 0 Å². The molecule has 2 aromatic carbocycles. The molecule has 2 aromatic rings. The summed E-state index contributed by atoms with van der Waals surface area (Å²) in [5.41, 5.74) is 0.961. The van der Waals surface area contributed by atoms with Crippen molar-refractivity contribution in [1.82, 2.24) is 0 Å². The molecule has 0 aliphatic heterocycles. The second-order valence-corrected chi connectivity index (χ2v) is 6.10. The number of methoxy groups -OCH3 is 1. The van der Waals surface area contributed by atoms with Gasteiger partial charge in [-0.15, -0.1) is 0 Å². The molecule has 1 unspecified atom stereocenters. The Bertz CT molecular complexity index is 652. The Morgan fingerprint density at radius 3 is 2.67 bits per heavy atom. The van der Waals surface area contributed by atoms with Gasteiger partial charge >= 0.3 is 0 Å². The zero-order valence-electron chi connectivity index (χ0n) is 13.7. The first-order chi connectivity index (χ1) is 11.6. The summed E-state index contributed by atoms with van der Waals surface area (Å²) in [6.45, 7) is 3.68. The van der Waals surface area contributed by atoms with Gasteiger partial charge in [0.1, 0.15) is 24.2 Å². The molecule has 0 aliphatic carbocycles. The minimum atomic E-state index is -0.0678. The van der Waals surface area contributed by atoms with Gasteiger partial charge in [-0.25, -0.2) is 0 Å². The van der Waals surface area contributed by atoms with Crippen molar-refractivity contribution in [1.29, 1.82) is 0 Å². The van der Waals surface area contributed by atoms with Gasteiger partial charge in [0.25, 0.3) is 0 Å². The monoisotopic (exact) mass is 369 g/mol. The highest BCUT2D eigenvalue weighted by Crippen LogP contribution is 2.28. The first kappa shape index (κ1) is 18.7. The smallest absolute Gasteiger partial charge is 0.138 e. The SMILES string of the molecule is COCCOc1cccc(NCC(C)Oc2ccc(Cl)cc2Cl)c1. The largest absolute Gasteiger partial charge is 0.491 e. The molecule has 2 rings (SSSR count). The molecular weight excluding hydrogens is 349 g/mol. The minimum absolute atomic E-state index is 0.0678.